The quantitative estimate of drug-likeness (QED) is 0.540. The van der Waals surface area contributed by atoms with E-state index < -0.39 is 0 Å². The van der Waals surface area contributed by atoms with Gasteiger partial charge in [-0.2, -0.15) is 0 Å². The summed E-state index contributed by atoms with van der Waals surface area (Å²) in [7, 11) is 0. The molecule has 0 fully saturated rings. The Bertz CT molecular complexity index is 813. The lowest BCUT2D eigenvalue weighted by atomic mass is 10.1. The van der Waals surface area contributed by atoms with Crippen LogP contribution in [0.3, 0.4) is 0 Å². The molecule has 0 atom stereocenters. The molecule has 0 aliphatic rings. The van der Waals surface area contributed by atoms with Crippen LogP contribution in [0.15, 0.2) is 67.3 Å². The lowest BCUT2D eigenvalue weighted by Crippen LogP contribution is -2.12. The van der Waals surface area contributed by atoms with Crippen molar-refractivity contribution in [2.75, 3.05) is 0 Å². The van der Waals surface area contributed by atoms with Crippen LogP contribution in [0.4, 0.5) is 0 Å². The third-order valence-electron chi connectivity index (χ3n) is 3.08. The standard InChI is InChI=1S/C16H13NO3/c1-11(17-10-13-6-4-8-19-13)14-9-12-5-2-3-7-15(12)20-16(14)18/h2-9H,10H2,1H3. The van der Waals surface area contributed by atoms with Crippen LogP contribution in [0.5, 0.6) is 0 Å². The largest absolute Gasteiger partial charge is 0.467 e. The molecule has 0 saturated carbocycles. The molecule has 100 valence electrons. The molecule has 4 nitrogen and oxygen atoms in total. The van der Waals surface area contributed by atoms with Gasteiger partial charge in [0, 0.05) is 11.1 Å². The number of benzene rings is 1. The first-order valence-corrected chi connectivity index (χ1v) is 6.31. The molecule has 0 radical (unpaired) electrons. The predicted octanol–water partition coefficient (Wildman–Crippen LogP) is 3.40. The van der Waals surface area contributed by atoms with E-state index in [-0.39, 0.29) is 5.63 Å². The maximum Gasteiger partial charge on any atom is 0.345 e. The molecule has 0 amide bonds. The number of fused-ring (bicyclic) bond motifs is 1. The summed E-state index contributed by atoms with van der Waals surface area (Å²) in [5.74, 6) is 0.759. The maximum absolute atomic E-state index is 12.0. The van der Waals surface area contributed by atoms with Gasteiger partial charge in [0.15, 0.2) is 0 Å². The van der Waals surface area contributed by atoms with E-state index >= 15 is 0 Å². The SMILES string of the molecule is CC(=NCc1ccco1)c1cc2ccccc2oc1=O. The average molecular weight is 267 g/mol. The number of hydrogen-bond acceptors (Lipinski definition) is 4. The molecule has 2 aromatic heterocycles. The van der Waals surface area contributed by atoms with Crippen molar-refractivity contribution >= 4 is 16.7 Å². The van der Waals surface area contributed by atoms with Crippen LogP contribution < -0.4 is 5.63 Å². The van der Waals surface area contributed by atoms with Gasteiger partial charge in [0.25, 0.3) is 0 Å². The van der Waals surface area contributed by atoms with Gasteiger partial charge >= 0.3 is 5.63 Å². The fourth-order valence-corrected chi connectivity index (χ4v) is 2.00. The fraction of sp³-hybridized carbons (Fsp3) is 0.125. The van der Waals surface area contributed by atoms with Crippen molar-refractivity contribution in [1.82, 2.24) is 0 Å². The molecule has 20 heavy (non-hydrogen) atoms. The third kappa shape index (κ3) is 2.40. The van der Waals surface area contributed by atoms with E-state index in [1.165, 1.54) is 0 Å². The van der Waals surface area contributed by atoms with Crippen LogP contribution in [-0.4, -0.2) is 5.71 Å². The third-order valence-corrected chi connectivity index (χ3v) is 3.08. The van der Waals surface area contributed by atoms with E-state index in [9.17, 15) is 4.79 Å². The van der Waals surface area contributed by atoms with Gasteiger partial charge < -0.3 is 8.83 Å². The van der Waals surface area contributed by atoms with Gasteiger partial charge in [-0.1, -0.05) is 18.2 Å². The van der Waals surface area contributed by atoms with Gasteiger partial charge in [-0.25, -0.2) is 4.79 Å². The Balaban J connectivity index is 1.98. The predicted molar refractivity (Wildman–Crippen MR) is 77.1 cm³/mol. The molecule has 1 aromatic carbocycles. The van der Waals surface area contributed by atoms with E-state index in [1.54, 1.807) is 19.3 Å². The first kappa shape index (κ1) is 12.4. The summed E-state index contributed by atoms with van der Waals surface area (Å²) in [4.78, 5) is 16.3. The van der Waals surface area contributed by atoms with E-state index in [4.69, 9.17) is 8.83 Å². The molecule has 3 aromatic rings. The minimum Gasteiger partial charge on any atom is -0.467 e. The number of hydrogen-bond donors (Lipinski definition) is 0. The van der Waals surface area contributed by atoms with Crippen molar-refractivity contribution in [2.24, 2.45) is 4.99 Å². The van der Waals surface area contributed by atoms with Crippen molar-refractivity contribution in [3.63, 3.8) is 0 Å². The first-order chi connectivity index (χ1) is 9.74. The fourth-order valence-electron chi connectivity index (χ4n) is 2.00. The van der Waals surface area contributed by atoms with E-state index in [2.05, 4.69) is 4.99 Å². The lowest BCUT2D eigenvalue weighted by molar-refractivity contribution is 0.512. The van der Waals surface area contributed by atoms with Crippen molar-refractivity contribution in [3.8, 4) is 0 Å². The molecule has 0 bridgehead atoms. The normalized spacial score (nSPS) is 11.9. The smallest absolute Gasteiger partial charge is 0.345 e. The van der Waals surface area contributed by atoms with Crippen molar-refractivity contribution < 1.29 is 8.83 Å². The zero-order valence-corrected chi connectivity index (χ0v) is 11.0. The Labute approximate surface area is 115 Å². The Kier molecular flexibility index (Phi) is 3.21. The van der Waals surface area contributed by atoms with Crippen LogP contribution >= 0.6 is 0 Å². The molecule has 0 aliphatic carbocycles. The van der Waals surface area contributed by atoms with Gasteiger partial charge in [-0.05, 0) is 31.2 Å². The molecule has 4 heteroatoms. The zero-order valence-electron chi connectivity index (χ0n) is 11.0. The first-order valence-electron chi connectivity index (χ1n) is 6.31. The summed E-state index contributed by atoms with van der Waals surface area (Å²) in [6.45, 7) is 2.20. The van der Waals surface area contributed by atoms with Crippen LogP contribution in [0.2, 0.25) is 0 Å². The molecule has 0 aliphatic heterocycles. The lowest BCUT2D eigenvalue weighted by Gasteiger charge is -2.01. The summed E-state index contributed by atoms with van der Waals surface area (Å²) in [6.07, 6.45) is 1.60. The van der Waals surface area contributed by atoms with Gasteiger partial charge in [0.2, 0.25) is 0 Å². The minimum absolute atomic E-state index is 0.371. The summed E-state index contributed by atoms with van der Waals surface area (Å²) < 4.78 is 10.5. The number of rotatable bonds is 3. The number of nitrogens with zero attached hydrogens (tertiary/aromatic N) is 1. The highest BCUT2D eigenvalue weighted by Crippen LogP contribution is 2.13. The Hall–Kier alpha value is -2.62. The van der Waals surface area contributed by atoms with Gasteiger partial charge in [0.05, 0.1) is 18.4 Å². The molecule has 0 unspecified atom stereocenters. The highest BCUT2D eigenvalue weighted by Gasteiger charge is 2.08. The van der Waals surface area contributed by atoms with E-state index in [0.29, 0.717) is 23.4 Å². The summed E-state index contributed by atoms with van der Waals surface area (Å²) >= 11 is 0. The maximum atomic E-state index is 12.0. The highest BCUT2D eigenvalue weighted by atomic mass is 16.4. The Morgan fingerprint density at radius 1 is 1.20 bits per heavy atom. The molecule has 3 rings (SSSR count). The monoisotopic (exact) mass is 267 g/mol. The van der Waals surface area contributed by atoms with Gasteiger partial charge in [-0.3, -0.25) is 4.99 Å². The second kappa shape index (κ2) is 5.17. The second-order valence-electron chi connectivity index (χ2n) is 4.47. The van der Waals surface area contributed by atoms with Crippen LogP contribution in [0.25, 0.3) is 11.0 Å². The topological polar surface area (TPSA) is 55.7 Å². The average Bonchev–Trinajstić information content (AvgIpc) is 2.97. The van der Waals surface area contributed by atoms with Crippen molar-refractivity contribution in [3.05, 3.63) is 70.5 Å². The molecule has 2 heterocycles. The summed E-state index contributed by atoms with van der Waals surface area (Å²) in [6, 6.07) is 12.9. The van der Waals surface area contributed by atoms with Crippen molar-refractivity contribution in [1.29, 1.82) is 0 Å². The molecular formula is C16H13NO3. The highest BCUT2D eigenvalue weighted by molar-refractivity contribution is 6.00. The molecule has 0 spiro atoms. The number of aliphatic imine (C=N–C) groups is 1. The summed E-state index contributed by atoms with van der Waals surface area (Å²) in [5, 5.41) is 0.884. The Morgan fingerprint density at radius 3 is 2.85 bits per heavy atom. The van der Waals surface area contributed by atoms with Crippen LogP contribution in [0, 0.1) is 0 Å². The van der Waals surface area contributed by atoms with E-state index in [0.717, 1.165) is 11.1 Å². The van der Waals surface area contributed by atoms with E-state index in [1.807, 2.05) is 36.4 Å². The van der Waals surface area contributed by atoms with Crippen LogP contribution in [-0.2, 0) is 6.54 Å². The number of furan rings is 1. The second-order valence-corrected chi connectivity index (χ2v) is 4.47. The molecule has 0 saturated heterocycles. The van der Waals surface area contributed by atoms with Crippen molar-refractivity contribution in [2.45, 2.75) is 13.5 Å². The zero-order chi connectivity index (χ0) is 13.9. The molecule has 0 N–H and O–H groups in total. The van der Waals surface area contributed by atoms with Crippen LogP contribution in [0.1, 0.15) is 18.2 Å². The molecular weight excluding hydrogens is 254 g/mol. The van der Waals surface area contributed by atoms with Gasteiger partial charge in [-0.15, -0.1) is 0 Å². The minimum atomic E-state index is -0.371. The summed E-state index contributed by atoms with van der Waals surface area (Å²) in [5.41, 5.74) is 1.33. The number of para-hydroxylation sites is 1. The van der Waals surface area contributed by atoms with Gasteiger partial charge in [0.1, 0.15) is 11.3 Å². The Morgan fingerprint density at radius 2 is 2.05 bits per heavy atom.